The van der Waals surface area contributed by atoms with Crippen LogP contribution in [0.2, 0.25) is 0 Å². The van der Waals surface area contributed by atoms with Crippen molar-refractivity contribution in [3.8, 4) is 0 Å². The number of rotatable bonds is 2. The first-order valence-corrected chi connectivity index (χ1v) is 6.12. The van der Waals surface area contributed by atoms with E-state index in [0.29, 0.717) is 12.2 Å². The number of aryl methyl sites for hydroxylation is 2. The highest BCUT2D eigenvalue weighted by atomic mass is 35.5. The van der Waals surface area contributed by atoms with E-state index in [4.69, 9.17) is 11.6 Å². The monoisotopic (exact) mass is 267 g/mol. The van der Waals surface area contributed by atoms with Gasteiger partial charge in [-0.25, -0.2) is 4.79 Å². The molecular formula is C13H14ClNO3. The van der Waals surface area contributed by atoms with Crippen LogP contribution in [0, 0.1) is 13.8 Å². The van der Waals surface area contributed by atoms with E-state index in [1.165, 1.54) is 4.90 Å². The van der Waals surface area contributed by atoms with Crippen LogP contribution in [0.5, 0.6) is 0 Å². The molecule has 1 heterocycles. The highest BCUT2D eigenvalue weighted by Crippen LogP contribution is 2.31. The Balaban J connectivity index is 2.56. The van der Waals surface area contributed by atoms with Gasteiger partial charge in [0.25, 0.3) is 0 Å². The van der Waals surface area contributed by atoms with Crippen LogP contribution < -0.4 is 4.90 Å². The second-order valence-corrected chi connectivity index (χ2v) is 5.21. The lowest BCUT2D eigenvalue weighted by molar-refractivity contribution is -0.117. The lowest BCUT2D eigenvalue weighted by Gasteiger charge is -2.21. The number of carbonyl (C=O) groups is 2. The van der Waals surface area contributed by atoms with Crippen LogP contribution in [-0.4, -0.2) is 28.9 Å². The van der Waals surface area contributed by atoms with Crippen LogP contribution in [0.25, 0.3) is 0 Å². The van der Waals surface area contributed by atoms with Gasteiger partial charge < -0.3 is 10.0 Å². The molecule has 18 heavy (non-hydrogen) atoms. The van der Waals surface area contributed by atoms with E-state index in [1.54, 1.807) is 6.07 Å². The minimum Gasteiger partial charge on any atom is -0.478 e. The molecule has 1 aliphatic rings. The van der Waals surface area contributed by atoms with Gasteiger partial charge in [0, 0.05) is 13.0 Å². The maximum Gasteiger partial charge on any atom is 0.337 e. The lowest BCUT2D eigenvalue weighted by Crippen LogP contribution is -2.27. The fraction of sp³-hybridized carbons (Fsp3) is 0.385. The van der Waals surface area contributed by atoms with E-state index in [0.717, 1.165) is 11.1 Å². The molecule has 1 unspecified atom stereocenters. The SMILES string of the molecule is Cc1cc(C)c(N2CC(Cl)CC2=O)c(C(=O)O)c1. The summed E-state index contributed by atoms with van der Waals surface area (Å²) in [6.45, 7) is 4.01. The highest BCUT2D eigenvalue weighted by Gasteiger charge is 2.32. The number of carboxylic acids is 1. The van der Waals surface area contributed by atoms with Crippen molar-refractivity contribution in [1.29, 1.82) is 0 Å². The normalized spacial score (nSPS) is 19.4. The number of benzene rings is 1. The molecule has 0 spiro atoms. The van der Waals surface area contributed by atoms with Gasteiger partial charge in [0.15, 0.2) is 0 Å². The van der Waals surface area contributed by atoms with Crippen molar-refractivity contribution >= 4 is 29.2 Å². The molecule has 0 radical (unpaired) electrons. The summed E-state index contributed by atoms with van der Waals surface area (Å²) in [5.74, 6) is -1.15. The number of anilines is 1. The summed E-state index contributed by atoms with van der Waals surface area (Å²) in [7, 11) is 0. The number of halogens is 1. The standard InChI is InChI=1S/C13H14ClNO3/c1-7-3-8(2)12(10(4-7)13(17)18)15-6-9(14)5-11(15)16/h3-4,9H,5-6H2,1-2H3,(H,17,18). The topological polar surface area (TPSA) is 57.6 Å². The van der Waals surface area contributed by atoms with E-state index < -0.39 is 5.97 Å². The van der Waals surface area contributed by atoms with Gasteiger partial charge >= 0.3 is 5.97 Å². The molecule has 0 aromatic heterocycles. The number of carbonyl (C=O) groups excluding carboxylic acids is 1. The predicted octanol–water partition coefficient (Wildman–Crippen LogP) is 2.35. The average Bonchev–Trinajstić information content (AvgIpc) is 2.56. The first-order chi connectivity index (χ1) is 8.40. The molecule has 1 N–H and O–H groups in total. The summed E-state index contributed by atoms with van der Waals surface area (Å²) < 4.78 is 0. The van der Waals surface area contributed by atoms with Crippen LogP contribution in [-0.2, 0) is 4.79 Å². The zero-order valence-electron chi connectivity index (χ0n) is 10.2. The predicted molar refractivity (Wildman–Crippen MR) is 69.5 cm³/mol. The van der Waals surface area contributed by atoms with Crippen molar-refractivity contribution in [1.82, 2.24) is 0 Å². The molecule has 1 fully saturated rings. The third-order valence-corrected chi connectivity index (χ3v) is 3.32. The average molecular weight is 268 g/mol. The van der Waals surface area contributed by atoms with Crippen molar-refractivity contribution in [3.63, 3.8) is 0 Å². The molecule has 1 atom stereocenters. The second-order valence-electron chi connectivity index (χ2n) is 4.59. The van der Waals surface area contributed by atoms with Crippen molar-refractivity contribution < 1.29 is 14.7 Å². The quantitative estimate of drug-likeness (QED) is 0.837. The molecule has 4 nitrogen and oxygen atoms in total. The van der Waals surface area contributed by atoms with Gasteiger partial charge in [-0.1, -0.05) is 6.07 Å². The molecular weight excluding hydrogens is 254 g/mol. The number of aromatic carboxylic acids is 1. The van der Waals surface area contributed by atoms with Gasteiger partial charge in [0.1, 0.15) is 0 Å². The fourth-order valence-corrected chi connectivity index (χ4v) is 2.63. The van der Waals surface area contributed by atoms with Gasteiger partial charge in [-0.2, -0.15) is 0 Å². The van der Waals surface area contributed by atoms with E-state index in [9.17, 15) is 14.7 Å². The number of carboxylic acid groups (broad SMARTS) is 1. The van der Waals surface area contributed by atoms with E-state index in [2.05, 4.69) is 0 Å². The molecule has 1 aromatic rings. The molecule has 0 bridgehead atoms. The van der Waals surface area contributed by atoms with Crippen LogP contribution >= 0.6 is 11.6 Å². The summed E-state index contributed by atoms with van der Waals surface area (Å²) in [5.41, 5.74) is 2.28. The van der Waals surface area contributed by atoms with Crippen molar-refractivity contribution in [2.24, 2.45) is 0 Å². The van der Waals surface area contributed by atoms with Crippen LogP contribution in [0.4, 0.5) is 5.69 Å². The highest BCUT2D eigenvalue weighted by molar-refractivity contribution is 6.24. The smallest absolute Gasteiger partial charge is 0.337 e. The first-order valence-electron chi connectivity index (χ1n) is 5.69. The van der Waals surface area contributed by atoms with E-state index in [-0.39, 0.29) is 23.3 Å². The van der Waals surface area contributed by atoms with E-state index in [1.807, 2.05) is 19.9 Å². The lowest BCUT2D eigenvalue weighted by atomic mass is 10.0. The van der Waals surface area contributed by atoms with E-state index >= 15 is 0 Å². The minimum atomic E-state index is -1.03. The largest absolute Gasteiger partial charge is 0.478 e. The van der Waals surface area contributed by atoms with Crippen molar-refractivity contribution in [2.45, 2.75) is 25.6 Å². The molecule has 96 valence electrons. The van der Waals surface area contributed by atoms with Gasteiger partial charge in [-0.3, -0.25) is 4.79 Å². The number of amides is 1. The molecule has 1 aromatic carbocycles. The van der Waals surface area contributed by atoms with Gasteiger partial charge in [-0.05, 0) is 31.0 Å². The third-order valence-electron chi connectivity index (χ3n) is 3.02. The zero-order valence-corrected chi connectivity index (χ0v) is 11.0. The Hall–Kier alpha value is -1.55. The second kappa shape index (κ2) is 4.61. The maximum absolute atomic E-state index is 11.8. The Morgan fingerprint density at radius 1 is 1.44 bits per heavy atom. The molecule has 0 aliphatic carbocycles. The van der Waals surface area contributed by atoms with Crippen LogP contribution in [0.3, 0.4) is 0 Å². The Morgan fingerprint density at radius 3 is 2.61 bits per heavy atom. The molecule has 2 rings (SSSR count). The zero-order chi connectivity index (χ0) is 13.4. The number of alkyl halides is 1. The number of hydrogen-bond acceptors (Lipinski definition) is 2. The van der Waals surface area contributed by atoms with Gasteiger partial charge in [0.05, 0.1) is 16.6 Å². The Bertz CT molecular complexity index is 527. The Labute approximate surface area is 110 Å². The van der Waals surface area contributed by atoms with Gasteiger partial charge in [0.2, 0.25) is 5.91 Å². The minimum absolute atomic E-state index is 0.121. The third kappa shape index (κ3) is 2.20. The molecule has 5 heteroatoms. The Morgan fingerprint density at radius 2 is 2.11 bits per heavy atom. The molecule has 1 amide bonds. The van der Waals surface area contributed by atoms with Gasteiger partial charge in [-0.15, -0.1) is 11.6 Å². The van der Waals surface area contributed by atoms with Crippen molar-refractivity contribution in [3.05, 3.63) is 28.8 Å². The summed E-state index contributed by atoms with van der Waals surface area (Å²) in [6.07, 6.45) is 0.258. The molecule has 1 saturated heterocycles. The summed E-state index contributed by atoms with van der Waals surface area (Å²) in [5, 5.41) is 9.01. The molecule has 0 saturated carbocycles. The maximum atomic E-state index is 11.8. The summed E-state index contributed by atoms with van der Waals surface area (Å²) >= 11 is 5.96. The fourth-order valence-electron chi connectivity index (χ4n) is 2.36. The molecule has 1 aliphatic heterocycles. The van der Waals surface area contributed by atoms with Crippen LogP contribution in [0.15, 0.2) is 12.1 Å². The summed E-state index contributed by atoms with van der Waals surface area (Å²) in [4.78, 5) is 24.6. The summed E-state index contributed by atoms with van der Waals surface area (Å²) in [6, 6.07) is 3.45. The van der Waals surface area contributed by atoms with Crippen molar-refractivity contribution in [2.75, 3.05) is 11.4 Å². The Kier molecular flexibility index (Phi) is 3.30. The number of hydrogen-bond donors (Lipinski definition) is 1. The number of nitrogens with zero attached hydrogens (tertiary/aromatic N) is 1. The van der Waals surface area contributed by atoms with Crippen LogP contribution in [0.1, 0.15) is 27.9 Å². The first kappa shape index (κ1) is 12.9.